The van der Waals surface area contributed by atoms with Crippen LogP contribution >= 0.6 is 0 Å². The monoisotopic (exact) mass is 363 g/mol. The molecule has 3 nitrogen and oxygen atoms in total. The van der Waals surface area contributed by atoms with E-state index in [0.29, 0.717) is 0 Å². The van der Waals surface area contributed by atoms with Gasteiger partial charge in [0, 0.05) is 24.5 Å². The lowest BCUT2D eigenvalue weighted by Crippen LogP contribution is -2.64. The number of nitrogens with two attached hydrogens (primary N) is 1. The van der Waals surface area contributed by atoms with Crippen molar-refractivity contribution in [3.8, 4) is 0 Å². The van der Waals surface area contributed by atoms with Crippen LogP contribution in [0.3, 0.4) is 0 Å². The van der Waals surface area contributed by atoms with Crippen LogP contribution in [-0.2, 0) is 15.3 Å². The highest BCUT2D eigenvalue weighted by Gasteiger charge is 2.81. The van der Waals surface area contributed by atoms with Crippen molar-refractivity contribution in [3.63, 3.8) is 0 Å². The SMILES string of the molecule is CCOC(OCC)(c1ccc(N)cc1)C(F)(F)C(F)(F)C(F)(F)F. The first-order chi connectivity index (χ1) is 10.9. The third kappa shape index (κ3) is 3.16. The van der Waals surface area contributed by atoms with Gasteiger partial charge in [-0.25, -0.2) is 0 Å². The van der Waals surface area contributed by atoms with Crippen molar-refractivity contribution >= 4 is 5.69 Å². The maximum absolute atomic E-state index is 14.4. The van der Waals surface area contributed by atoms with Crippen molar-refractivity contribution in [1.29, 1.82) is 0 Å². The van der Waals surface area contributed by atoms with Gasteiger partial charge in [0.25, 0.3) is 5.79 Å². The largest absolute Gasteiger partial charge is 0.460 e. The second kappa shape index (κ2) is 6.75. The molecule has 0 fully saturated rings. The lowest BCUT2D eigenvalue weighted by Gasteiger charge is -2.42. The molecule has 0 saturated heterocycles. The molecule has 10 heteroatoms. The Morgan fingerprint density at radius 3 is 1.54 bits per heavy atom. The molecular formula is C14H16F7NO2. The van der Waals surface area contributed by atoms with E-state index in [1.807, 2.05) is 0 Å². The number of hydrogen-bond acceptors (Lipinski definition) is 3. The third-order valence-corrected chi connectivity index (χ3v) is 3.15. The molecule has 0 radical (unpaired) electrons. The van der Waals surface area contributed by atoms with Gasteiger partial charge in [-0.1, -0.05) is 12.1 Å². The average Bonchev–Trinajstić information content (AvgIpc) is 2.46. The van der Waals surface area contributed by atoms with Crippen molar-refractivity contribution in [2.24, 2.45) is 0 Å². The topological polar surface area (TPSA) is 44.5 Å². The van der Waals surface area contributed by atoms with Gasteiger partial charge in [0.05, 0.1) is 0 Å². The van der Waals surface area contributed by atoms with E-state index in [-0.39, 0.29) is 5.69 Å². The molecule has 0 aliphatic carbocycles. The Morgan fingerprint density at radius 1 is 0.792 bits per heavy atom. The predicted molar refractivity (Wildman–Crippen MR) is 71.7 cm³/mol. The van der Waals surface area contributed by atoms with Gasteiger partial charge >= 0.3 is 18.0 Å². The van der Waals surface area contributed by atoms with Crippen molar-refractivity contribution < 1.29 is 40.2 Å². The van der Waals surface area contributed by atoms with Crippen LogP contribution in [0.2, 0.25) is 0 Å². The highest BCUT2D eigenvalue weighted by molar-refractivity contribution is 5.41. The summed E-state index contributed by atoms with van der Waals surface area (Å²) in [4.78, 5) is 0. The summed E-state index contributed by atoms with van der Waals surface area (Å²) in [5.41, 5.74) is 4.76. The molecule has 0 aliphatic heterocycles. The van der Waals surface area contributed by atoms with Gasteiger partial charge in [0.15, 0.2) is 0 Å². The average molecular weight is 363 g/mol. The molecule has 1 aromatic carbocycles. The Hall–Kier alpha value is -1.55. The zero-order chi connectivity index (χ0) is 18.8. The summed E-state index contributed by atoms with van der Waals surface area (Å²) in [6, 6.07) is 3.82. The van der Waals surface area contributed by atoms with Crippen molar-refractivity contribution in [2.45, 2.75) is 37.7 Å². The van der Waals surface area contributed by atoms with Crippen LogP contribution in [0.4, 0.5) is 36.4 Å². The summed E-state index contributed by atoms with van der Waals surface area (Å²) < 4.78 is 103. The first-order valence-electron chi connectivity index (χ1n) is 6.83. The number of anilines is 1. The first-order valence-corrected chi connectivity index (χ1v) is 6.83. The van der Waals surface area contributed by atoms with Gasteiger partial charge in [0.2, 0.25) is 0 Å². The Kier molecular flexibility index (Phi) is 5.77. The van der Waals surface area contributed by atoms with Gasteiger partial charge in [-0.05, 0) is 26.0 Å². The Bertz CT molecular complexity index is 537. The number of ether oxygens (including phenoxy) is 2. The molecular weight excluding hydrogens is 347 g/mol. The van der Waals surface area contributed by atoms with Crippen molar-refractivity contribution in [3.05, 3.63) is 29.8 Å². The fraction of sp³-hybridized carbons (Fsp3) is 0.571. The van der Waals surface area contributed by atoms with Crippen LogP contribution in [0.15, 0.2) is 24.3 Å². The van der Waals surface area contributed by atoms with Gasteiger partial charge in [-0.15, -0.1) is 0 Å². The molecule has 138 valence electrons. The zero-order valence-electron chi connectivity index (χ0n) is 12.8. The van der Waals surface area contributed by atoms with Crippen LogP contribution in [0.1, 0.15) is 19.4 Å². The summed E-state index contributed by atoms with van der Waals surface area (Å²) in [6.07, 6.45) is -6.51. The molecule has 0 heterocycles. The van der Waals surface area contributed by atoms with E-state index in [2.05, 4.69) is 9.47 Å². The minimum atomic E-state index is -6.51. The van der Waals surface area contributed by atoms with E-state index in [1.54, 1.807) is 0 Å². The second-order valence-corrected chi connectivity index (χ2v) is 4.75. The molecule has 0 spiro atoms. The van der Waals surface area contributed by atoms with Crippen LogP contribution < -0.4 is 5.73 Å². The van der Waals surface area contributed by atoms with E-state index in [0.717, 1.165) is 38.1 Å². The van der Waals surface area contributed by atoms with E-state index >= 15 is 0 Å². The molecule has 0 unspecified atom stereocenters. The summed E-state index contributed by atoms with van der Waals surface area (Å²) in [6.45, 7) is 1.11. The number of halogens is 7. The van der Waals surface area contributed by atoms with E-state index in [9.17, 15) is 30.7 Å². The lowest BCUT2D eigenvalue weighted by molar-refractivity contribution is -0.442. The summed E-state index contributed by atoms with van der Waals surface area (Å²) in [5.74, 6) is -15.8. The molecule has 0 atom stereocenters. The fourth-order valence-electron chi connectivity index (χ4n) is 2.06. The van der Waals surface area contributed by atoms with E-state index < -0.39 is 42.6 Å². The molecule has 1 aromatic rings. The third-order valence-electron chi connectivity index (χ3n) is 3.15. The lowest BCUT2D eigenvalue weighted by atomic mass is 9.93. The molecule has 0 aliphatic rings. The van der Waals surface area contributed by atoms with Gasteiger partial charge in [-0.3, -0.25) is 0 Å². The van der Waals surface area contributed by atoms with Gasteiger partial charge in [-0.2, -0.15) is 30.7 Å². The minimum absolute atomic E-state index is 0.0894. The summed E-state index contributed by atoms with van der Waals surface area (Å²) in [5, 5.41) is 0. The maximum atomic E-state index is 14.4. The van der Waals surface area contributed by atoms with Crippen LogP contribution in [0, 0.1) is 0 Å². The van der Waals surface area contributed by atoms with Crippen molar-refractivity contribution in [2.75, 3.05) is 18.9 Å². The number of benzene rings is 1. The number of nitrogen functional groups attached to an aromatic ring is 1. The fourth-order valence-corrected chi connectivity index (χ4v) is 2.06. The molecule has 2 N–H and O–H groups in total. The quantitative estimate of drug-likeness (QED) is 0.446. The second-order valence-electron chi connectivity index (χ2n) is 4.75. The minimum Gasteiger partial charge on any atom is -0.399 e. The normalized spacial score (nSPS) is 14.0. The van der Waals surface area contributed by atoms with E-state index in [4.69, 9.17) is 5.73 Å². The zero-order valence-corrected chi connectivity index (χ0v) is 12.8. The first kappa shape index (κ1) is 20.5. The summed E-state index contributed by atoms with van der Waals surface area (Å²) >= 11 is 0. The molecule has 0 aromatic heterocycles. The van der Waals surface area contributed by atoms with Crippen molar-refractivity contribution in [1.82, 2.24) is 0 Å². The van der Waals surface area contributed by atoms with Gasteiger partial charge in [0.1, 0.15) is 0 Å². The smallest absolute Gasteiger partial charge is 0.399 e. The summed E-state index contributed by atoms with van der Waals surface area (Å²) in [7, 11) is 0. The molecule has 24 heavy (non-hydrogen) atoms. The molecule has 0 bridgehead atoms. The Labute approximate surface area is 133 Å². The highest BCUT2D eigenvalue weighted by atomic mass is 19.4. The number of alkyl halides is 7. The number of rotatable bonds is 7. The van der Waals surface area contributed by atoms with Crippen LogP contribution in [-0.4, -0.2) is 31.2 Å². The Morgan fingerprint density at radius 2 is 1.21 bits per heavy atom. The maximum Gasteiger partial charge on any atom is 0.460 e. The predicted octanol–water partition coefficient (Wildman–Crippen LogP) is 4.33. The number of hydrogen-bond donors (Lipinski definition) is 1. The van der Waals surface area contributed by atoms with E-state index in [1.165, 1.54) is 0 Å². The molecule has 1 rings (SSSR count). The molecule has 0 amide bonds. The standard InChI is InChI=1S/C14H16F7NO2/c1-3-23-11(24-4-2,9-5-7-10(22)8-6-9)12(15,16)13(17,18)14(19,20)21/h5-8H,3-4,22H2,1-2H3. The van der Waals surface area contributed by atoms with Crippen LogP contribution in [0.25, 0.3) is 0 Å². The van der Waals surface area contributed by atoms with Crippen LogP contribution in [0.5, 0.6) is 0 Å². The molecule has 0 saturated carbocycles. The Balaban J connectivity index is 3.65. The highest BCUT2D eigenvalue weighted by Crippen LogP contribution is 2.56. The van der Waals surface area contributed by atoms with Gasteiger partial charge < -0.3 is 15.2 Å².